The first-order chi connectivity index (χ1) is 13.9. The smallest absolute Gasteiger partial charge is 0.422 e. The van der Waals surface area contributed by atoms with Crippen LogP contribution in [0.5, 0.6) is 11.5 Å². The molecule has 1 saturated heterocycles. The van der Waals surface area contributed by atoms with Crippen LogP contribution in [-0.2, 0) is 0 Å². The van der Waals surface area contributed by atoms with Crippen molar-refractivity contribution < 1.29 is 40.6 Å². The van der Waals surface area contributed by atoms with E-state index in [4.69, 9.17) is 4.74 Å². The van der Waals surface area contributed by atoms with Crippen molar-refractivity contribution in [1.29, 1.82) is 0 Å². The number of halogens is 6. The molecule has 0 radical (unpaired) electrons. The molecule has 0 aromatic heterocycles. The number of carbonyl (C=O) groups is 1. The van der Waals surface area contributed by atoms with Crippen molar-refractivity contribution in [1.82, 2.24) is 9.80 Å². The maximum absolute atomic E-state index is 12.9. The topological polar surface area (TPSA) is 42.0 Å². The number of rotatable bonds is 7. The molecule has 0 spiro atoms. The van der Waals surface area contributed by atoms with E-state index in [1.807, 2.05) is 6.92 Å². The zero-order chi connectivity index (χ0) is 22.5. The molecule has 0 N–H and O–H groups in total. The largest absolute Gasteiger partial charge is 0.484 e. The van der Waals surface area contributed by atoms with Crippen molar-refractivity contribution in [3.8, 4) is 11.5 Å². The third kappa shape index (κ3) is 7.58. The summed E-state index contributed by atoms with van der Waals surface area (Å²) in [5.41, 5.74) is -0.300. The quantitative estimate of drug-likeness (QED) is 0.585. The van der Waals surface area contributed by atoms with Gasteiger partial charge in [-0.3, -0.25) is 9.69 Å². The summed E-state index contributed by atoms with van der Waals surface area (Å²) in [6.07, 6.45) is -6.24. The summed E-state index contributed by atoms with van der Waals surface area (Å²) in [6, 6.07) is 3.23. The molecular weight excluding hydrogens is 418 g/mol. The number of hydrogen-bond acceptors (Lipinski definition) is 4. The average molecular weight is 442 g/mol. The number of alkyl halides is 6. The molecule has 2 rings (SSSR count). The maximum atomic E-state index is 12.9. The Labute approximate surface area is 170 Å². The van der Waals surface area contributed by atoms with Crippen molar-refractivity contribution in [2.75, 3.05) is 33.5 Å². The Morgan fingerprint density at radius 1 is 1.10 bits per heavy atom. The van der Waals surface area contributed by atoms with Gasteiger partial charge >= 0.3 is 12.4 Å². The van der Waals surface area contributed by atoms with Gasteiger partial charge in [0.15, 0.2) is 13.2 Å². The zero-order valence-electron chi connectivity index (χ0n) is 16.6. The van der Waals surface area contributed by atoms with E-state index in [1.165, 1.54) is 11.9 Å². The van der Waals surface area contributed by atoms with Crippen molar-refractivity contribution in [3.05, 3.63) is 23.8 Å². The Morgan fingerprint density at radius 3 is 2.33 bits per heavy atom. The fraction of sp³-hybridized carbons (Fsp3) is 0.632. The molecule has 1 amide bonds. The van der Waals surface area contributed by atoms with E-state index in [9.17, 15) is 31.1 Å². The fourth-order valence-electron chi connectivity index (χ4n) is 3.13. The Balaban J connectivity index is 2.21. The van der Waals surface area contributed by atoms with Crippen LogP contribution in [0.15, 0.2) is 18.2 Å². The van der Waals surface area contributed by atoms with E-state index in [0.29, 0.717) is 0 Å². The molecule has 1 aliphatic rings. The van der Waals surface area contributed by atoms with E-state index in [-0.39, 0.29) is 29.8 Å². The number of ether oxygens (including phenoxy) is 2. The summed E-state index contributed by atoms with van der Waals surface area (Å²) in [7, 11) is 1.47. The molecule has 1 aromatic rings. The number of hydrogen-bond donors (Lipinski definition) is 0. The second kappa shape index (κ2) is 9.76. The Kier molecular flexibility index (Phi) is 7.84. The van der Waals surface area contributed by atoms with Gasteiger partial charge in [-0.25, -0.2) is 0 Å². The third-order valence-electron chi connectivity index (χ3n) is 4.66. The molecular formula is C19H24F6N2O3. The molecule has 1 atom stereocenters. The fourth-order valence-corrected chi connectivity index (χ4v) is 3.13. The zero-order valence-corrected chi connectivity index (χ0v) is 16.6. The first kappa shape index (κ1) is 24.1. The molecule has 11 heteroatoms. The molecule has 0 saturated carbocycles. The molecule has 0 bridgehead atoms. The third-order valence-corrected chi connectivity index (χ3v) is 4.66. The Bertz CT molecular complexity index is 723. The summed E-state index contributed by atoms with van der Waals surface area (Å²) in [5, 5.41) is 0. The molecule has 1 fully saturated rings. The van der Waals surface area contributed by atoms with Crippen molar-refractivity contribution in [2.45, 2.75) is 44.6 Å². The molecule has 1 unspecified atom stereocenters. The van der Waals surface area contributed by atoms with Crippen LogP contribution >= 0.6 is 0 Å². The predicted octanol–water partition coefficient (Wildman–Crippen LogP) is 4.47. The van der Waals surface area contributed by atoms with Gasteiger partial charge in [0, 0.05) is 19.6 Å². The van der Waals surface area contributed by atoms with E-state index in [2.05, 4.69) is 9.64 Å². The summed E-state index contributed by atoms with van der Waals surface area (Å²) < 4.78 is 84.2. The van der Waals surface area contributed by atoms with Gasteiger partial charge in [-0.2, -0.15) is 26.3 Å². The predicted molar refractivity (Wildman–Crippen MR) is 96.5 cm³/mol. The van der Waals surface area contributed by atoms with Crippen LogP contribution in [0.25, 0.3) is 0 Å². The maximum Gasteiger partial charge on any atom is 0.422 e. The molecule has 1 aromatic carbocycles. The minimum absolute atomic E-state index is 0.229. The highest BCUT2D eigenvalue weighted by atomic mass is 19.4. The minimum Gasteiger partial charge on any atom is -0.484 e. The highest BCUT2D eigenvalue weighted by Crippen LogP contribution is 2.29. The highest BCUT2D eigenvalue weighted by Gasteiger charge is 2.31. The Morgan fingerprint density at radius 2 is 1.73 bits per heavy atom. The minimum atomic E-state index is -4.64. The van der Waals surface area contributed by atoms with Crippen LogP contribution in [-0.4, -0.2) is 67.6 Å². The highest BCUT2D eigenvalue weighted by molar-refractivity contribution is 5.97. The lowest BCUT2D eigenvalue weighted by atomic mass is 10.0. The van der Waals surface area contributed by atoms with Crippen molar-refractivity contribution >= 4 is 5.91 Å². The number of nitrogens with zero attached hydrogens (tertiary/aromatic N) is 2. The van der Waals surface area contributed by atoms with Crippen molar-refractivity contribution in [2.24, 2.45) is 0 Å². The lowest BCUT2D eigenvalue weighted by Gasteiger charge is -2.36. The first-order valence-corrected chi connectivity index (χ1v) is 9.38. The van der Waals surface area contributed by atoms with E-state index < -0.39 is 31.5 Å². The van der Waals surface area contributed by atoms with Gasteiger partial charge in [0.25, 0.3) is 5.91 Å². The van der Waals surface area contributed by atoms with Gasteiger partial charge in [-0.05, 0) is 38.0 Å². The van der Waals surface area contributed by atoms with Gasteiger partial charge in [0.2, 0.25) is 0 Å². The standard InChI is InChI=1S/C19H24F6N2O3/c1-13-5-3-4-8-27(13)12-26(2)17(28)15-9-14(29-10-18(20,21)22)6-7-16(15)30-11-19(23,24)25/h6-7,9,13H,3-5,8,10-12H2,1-2H3. The monoisotopic (exact) mass is 442 g/mol. The average Bonchev–Trinajstić information content (AvgIpc) is 2.65. The van der Waals surface area contributed by atoms with Gasteiger partial charge in [-0.15, -0.1) is 0 Å². The lowest BCUT2D eigenvalue weighted by molar-refractivity contribution is -0.154. The number of piperidine rings is 1. The number of benzene rings is 1. The molecule has 0 aliphatic carbocycles. The van der Waals surface area contributed by atoms with Crippen molar-refractivity contribution in [3.63, 3.8) is 0 Å². The molecule has 1 aliphatic heterocycles. The summed E-state index contributed by atoms with van der Waals surface area (Å²) in [5.74, 6) is -1.35. The van der Waals surface area contributed by atoms with Gasteiger partial charge in [-0.1, -0.05) is 6.42 Å². The lowest BCUT2D eigenvalue weighted by Crippen LogP contribution is -2.45. The normalized spacial score (nSPS) is 18.2. The second-order valence-electron chi connectivity index (χ2n) is 7.27. The summed E-state index contributed by atoms with van der Waals surface area (Å²) in [6.45, 7) is -0.217. The van der Waals surface area contributed by atoms with Crippen LogP contribution in [0, 0.1) is 0 Å². The van der Waals surface area contributed by atoms with E-state index >= 15 is 0 Å². The van der Waals surface area contributed by atoms with Crippen LogP contribution in [0.3, 0.4) is 0 Å². The van der Waals surface area contributed by atoms with Crippen LogP contribution in [0.4, 0.5) is 26.3 Å². The molecule has 170 valence electrons. The number of amides is 1. The molecule has 30 heavy (non-hydrogen) atoms. The first-order valence-electron chi connectivity index (χ1n) is 9.38. The second-order valence-corrected chi connectivity index (χ2v) is 7.27. The van der Waals surface area contributed by atoms with E-state index in [0.717, 1.165) is 44.0 Å². The van der Waals surface area contributed by atoms with Gasteiger partial charge in [0.05, 0.1) is 12.2 Å². The van der Waals surface area contributed by atoms with Crippen LogP contribution in [0.2, 0.25) is 0 Å². The summed E-state index contributed by atoms with van der Waals surface area (Å²) >= 11 is 0. The molecule has 1 heterocycles. The van der Waals surface area contributed by atoms with Gasteiger partial charge < -0.3 is 14.4 Å². The Hall–Kier alpha value is -2.17. The van der Waals surface area contributed by atoms with E-state index in [1.54, 1.807) is 0 Å². The van der Waals surface area contributed by atoms with Crippen LogP contribution < -0.4 is 9.47 Å². The summed E-state index contributed by atoms with van der Waals surface area (Å²) in [4.78, 5) is 16.2. The molecule has 5 nitrogen and oxygen atoms in total. The van der Waals surface area contributed by atoms with Crippen LogP contribution in [0.1, 0.15) is 36.5 Å². The number of carbonyl (C=O) groups excluding carboxylic acids is 1. The SMILES string of the molecule is CC1CCCCN1CN(C)C(=O)c1cc(OCC(F)(F)F)ccc1OCC(F)(F)F. The van der Waals surface area contributed by atoms with Gasteiger partial charge in [0.1, 0.15) is 11.5 Å². The number of likely N-dealkylation sites (tertiary alicyclic amines) is 1.